The summed E-state index contributed by atoms with van der Waals surface area (Å²) in [7, 11) is 0. The van der Waals surface area contributed by atoms with Crippen molar-refractivity contribution in [2.45, 2.75) is 104 Å². The van der Waals surface area contributed by atoms with Crippen LogP contribution in [0.3, 0.4) is 0 Å². The van der Waals surface area contributed by atoms with E-state index in [0.29, 0.717) is 0 Å². The molecule has 19 heavy (non-hydrogen) atoms. The zero-order valence-electron chi connectivity index (χ0n) is 13.9. The lowest BCUT2D eigenvalue weighted by molar-refractivity contribution is 0.411. The first-order valence-electron chi connectivity index (χ1n) is 9.00. The molecule has 0 aliphatic heterocycles. The molecule has 0 amide bonds. The van der Waals surface area contributed by atoms with Gasteiger partial charge in [0.2, 0.25) is 0 Å². The Morgan fingerprint density at radius 3 is 1.84 bits per heavy atom. The molecule has 0 nitrogen and oxygen atoms in total. The quantitative estimate of drug-likeness (QED) is 0.229. The summed E-state index contributed by atoms with van der Waals surface area (Å²) >= 11 is 0. The maximum atomic E-state index is 2.42. The van der Waals surface area contributed by atoms with Crippen LogP contribution in [0.15, 0.2) is 12.2 Å². The average Bonchev–Trinajstić information content (AvgIpc) is 2.44. The first kappa shape index (κ1) is 18.7. The average molecular weight is 267 g/mol. The second-order valence-electron chi connectivity index (χ2n) is 6.02. The summed E-state index contributed by atoms with van der Waals surface area (Å²) in [6.07, 6.45) is 22.9. The fourth-order valence-electron chi connectivity index (χ4n) is 2.67. The minimum Gasteiger partial charge on any atom is -0.0885 e. The van der Waals surface area contributed by atoms with E-state index in [9.17, 15) is 0 Å². The number of hydrogen-bond acceptors (Lipinski definition) is 0. The van der Waals surface area contributed by atoms with Crippen LogP contribution in [0.1, 0.15) is 104 Å². The maximum Gasteiger partial charge on any atom is -0.0351 e. The third-order valence-corrected chi connectivity index (χ3v) is 4.17. The summed E-state index contributed by atoms with van der Waals surface area (Å²) in [4.78, 5) is 0. The van der Waals surface area contributed by atoms with E-state index in [1.807, 2.05) is 0 Å². The van der Waals surface area contributed by atoms with Gasteiger partial charge in [0, 0.05) is 0 Å². The van der Waals surface area contributed by atoms with Crippen molar-refractivity contribution < 1.29 is 0 Å². The Labute approximate surface area is 123 Å². The molecule has 1 unspecified atom stereocenters. The van der Waals surface area contributed by atoms with Gasteiger partial charge < -0.3 is 0 Å². The number of unbranched alkanes of at least 4 members (excludes halogenated alkanes) is 7. The lowest BCUT2D eigenvalue weighted by atomic mass is 9.93. The first-order valence-corrected chi connectivity index (χ1v) is 9.00. The highest BCUT2D eigenvalue weighted by Gasteiger charge is 2.04. The van der Waals surface area contributed by atoms with Gasteiger partial charge in [-0.05, 0) is 31.6 Å². The standard InChI is InChI=1S/C19H38/c1-4-7-9-10-11-12-13-14-15-16-18-19(6-3)17-8-5-2/h13-14,19H,4-12,15-18H2,1-3H3/b14-13+. The van der Waals surface area contributed by atoms with Gasteiger partial charge in [0.25, 0.3) is 0 Å². The molecule has 0 spiro atoms. The highest BCUT2D eigenvalue weighted by Crippen LogP contribution is 2.19. The van der Waals surface area contributed by atoms with E-state index >= 15 is 0 Å². The molecule has 0 saturated heterocycles. The van der Waals surface area contributed by atoms with E-state index in [1.54, 1.807) is 0 Å². The van der Waals surface area contributed by atoms with Gasteiger partial charge in [-0.2, -0.15) is 0 Å². The van der Waals surface area contributed by atoms with Crippen LogP contribution in [-0.2, 0) is 0 Å². The van der Waals surface area contributed by atoms with E-state index in [2.05, 4.69) is 32.9 Å². The largest absolute Gasteiger partial charge is 0.0885 e. The van der Waals surface area contributed by atoms with E-state index in [0.717, 1.165) is 5.92 Å². The van der Waals surface area contributed by atoms with Crippen molar-refractivity contribution in [3.05, 3.63) is 12.2 Å². The molecule has 0 radical (unpaired) electrons. The zero-order valence-corrected chi connectivity index (χ0v) is 13.9. The second kappa shape index (κ2) is 15.8. The predicted molar refractivity (Wildman–Crippen MR) is 89.7 cm³/mol. The molecule has 1 atom stereocenters. The summed E-state index contributed by atoms with van der Waals surface area (Å²) in [6.45, 7) is 6.94. The SMILES string of the molecule is CCCCCCC/C=C/CCCC(CC)CCCC. The van der Waals surface area contributed by atoms with Crippen molar-refractivity contribution in [1.29, 1.82) is 0 Å². The highest BCUT2D eigenvalue weighted by molar-refractivity contribution is 4.81. The molecular formula is C19H38. The topological polar surface area (TPSA) is 0 Å². The van der Waals surface area contributed by atoms with Crippen LogP contribution >= 0.6 is 0 Å². The summed E-state index contributed by atoms with van der Waals surface area (Å²) in [6, 6.07) is 0. The summed E-state index contributed by atoms with van der Waals surface area (Å²) in [5.74, 6) is 0.988. The van der Waals surface area contributed by atoms with Crippen molar-refractivity contribution in [2.24, 2.45) is 5.92 Å². The summed E-state index contributed by atoms with van der Waals surface area (Å²) in [5.41, 5.74) is 0. The van der Waals surface area contributed by atoms with Crippen molar-refractivity contribution in [1.82, 2.24) is 0 Å². The van der Waals surface area contributed by atoms with Crippen LogP contribution in [0.4, 0.5) is 0 Å². The van der Waals surface area contributed by atoms with Crippen LogP contribution in [-0.4, -0.2) is 0 Å². The number of rotatable bonds is 14. The van der Waals surface area contributed by atoms with Gasteiger partial charge >= 0.3 is 0 Å². The number of hydrogen-bond donors (Lipinski definition) is 0. The van der Waals surface area contributed by atoms with Gasteiger partial charge in [0.15, 0.2) is 0 Å². The van der Waals surface area contributed by atoms with Crippen molar-refractivity contribution in [2.75, 3.05) is 0 Å². The van der Waals surface area contributed by atoms with Gasteiger partial charge in [0.1, 0.15) is 0 Å². The van der Waals surface area contributed by atoms with Gasteiger partial charge in [-0.3, -0.25) is 0 Å². The molecule has 0 fully saturated rings. The van der Waals surface area contributed by atoms with Gasteiger partial charge in [-0.15, -0.1) is 0 Å². The van der Waals surface area contributed by atoms with Gasteiger partial charge in [0.05, 0.1) is 0 Å². The monoisotopic (exact) mass is 266 g/mol. The van der Waals surface area contributed by atoms with E-state index in [1.165, 1.54) is 83.5 Å². The molecule has 0 heteroatoms. The molecule has 0 heterocycles. The lowest BCUT2D eigenvalue weighted by Crippen LogP contribution is -1.98. The van der Waals surface area contributed by atoms with Crippen molar-refractivity contribution in [3.8, 4) is 0 Å². The normalized spacial score (nSPS) is 13.2. The molecule has 0 saturated carbocycles. The second-order valence-corrected chi connectivity index (χ2v) is 6.02. The Hall–Kier alpha value is -0.260. The lowest BCUT2D eigenvalue weighted by Gasteiger charge is -2.13. The Balaban J connectivity index is 3.31. The molecule has 0 N–H and O–H groups in total. The minimum absolute atomic E-state index is 0.988. The molecule has 0 bridgehead atoms. The molecule has 0 aliphatic carbocycles. The Morgan fingerprint density at radius 1 is 0.632 bits per heavy atom. The maximum absolute atomic E-state index is 2.42. The zero-order chi connectivity index (χ0) is 14.2. The van der Waals surface area contributed by atoms with Crippen LogP contribution in [0.2, 0.25) is 0 Å². The fraction of sp³-hybridized carbons (Fsp3) is 0.895. The molecule has 0 aromatic heterocycles. The Kier molecular flexibility index (Phi) is 15.6. The highest BCUT2D eigenvalue weighted by atomic mass is 14.1. The third kappa shape index (κ3) is 14.0. The molecule has 0 aliphatic rings. The summed E-state index contributed by atoms with van der Waals surface area (Å²) in [5, 5.41) is 0. The molecular weight excluding hydrogens is 228 g/mol. The van der Waals surface area contributed by atoms with Crippen molar-refractivity contribution in [3.63, 3.8) is 0 Å². The van der Waals surface area contributed by atoms with Crippen LogP contribution in [0, 0.1) is 5.92 Å². The summed E-state index contributed by atoms with van der Waals surface area (Å²) < 4.78 is 0. The van der Waals surface area contributed by atoms with E-state index < -0.39 is 0 Å². The van der Waals surface area contributed by atoms with Gasteiger partial charge in [-0.25, -0.2) is 0 Å². The molecule has 114 valence electrons. The van der Waals surface area contributed by atoms with Gasteiger partial charge in [-0.1, -0.05) is 90.7 Å². The van der Waals surface area contributed by atoms with Crippen LogP contribution < -0.4 is 0 Å². The first-order chi connectivity index (χ1) is 9.35. The molecule has 0 rings (SSSR count). The minimum atomic E-state index is 0.988. The fourth-order valence-corrected chi connectivity index (χ4v) is 2.67. The predicted octanol–water partition coefficient (Wildman–Crippen LogP) is 7.29. The number of allylic oxidation sites excluding steroid dienone is 2. The van der Waals surface area contributed by atoms with E-state index in [4.69, 9.17) is 0 Å². The Morgan fingerprint density at radius 2 is 1.21 bits per heavy atom. The third-order valence-electron chi connectivity index (χ3n) is 4.17. The Bertz CT molecular complexity index is 180. The van der Waals surface area contributed by atoms with E-state index in [-0.39, 0.29) is 0 Å². The van der Waals surface area contributed by atoms with Crippen LogP contribution in [0.25, 0.3) is 0 Å². The molecule has 0 aromatic rings. The van der Waals surface area contributed by atoms with Crippen LogP contribution in [0.5, 0.6) is 0 Å². The van der Waals surface area contributed by atoms with Crippen molar-refractivity contribution >= 4 is 0 Å². The molecule has 0 aromatic carbocycles. The smallest absolute Gasteiger partial charge is 0.0351 e.